The fourth-order valence-electron chi connectivity index (χ4n) is 1.82. The van der Waals surface area contributed by atoms with E-state index in [1.165, 1.54) is 25.1 Å². The monoisotopic (exact) mass is 232 g/mol. The lowest BCUT2D eigenvalue weighted by Crippen LogP contribution is -2.15. The number of halogens is 1. The standard InChI is InChI=1S/C13H13FN2O/c14-10-5-9(6-15-7-10)12-3-4-17-13(12)8-16-11-1-2-11/h3-7,11,16H,1-2,8H2. The Morgan fingerprint density at radius 3 is 3.06 bits per heavy atom. The van der Waals surface area contributed by atoms with Crippen LogP contribution in [0.1, 0.15) is 18.6 Å². The summed E-state index contributed by atoms with van der Waals surface area (Å²) in [6, 6.07) is 3.94. The highest BCUT2D eigenvalue weighted by Gasteiger charge is 2.21. The number of furan rings is 1. The molecule has 3 rings (SSSR count). The topological polar surface area (TPSA) is 38.1 Å². The summed E-state index contributed by atoms with van der Waals surface area (Å²) >= 11 is 0. The van der Waals surface area contributed by atoms with Crippen molar-refractivity contribution in [2.24, 2.45) is 0 Å². The van der Waals surface area contributed by atoms with Crippen LogP contribution in [-0.4, -0.2) is 11.0 Å². The van der Waals surface area contributed by atoms with Crippen LogP contribution in [-0.2, 0) is 6.54 Å². The van der Waals surface area contributed by atoms with Crippen LogP contribution in [0.4, 0.5) is 4.39 Å². The molecule has 0 aliphatic heterocycles. The van der Waals surface area contributed by atoms with Gasteiger partial charge in [-0.25, -0.2) is 4.39 Å². The predicted molar refractivity (Wildman–Crippen MR) is 61.8 cm³/mol. The largest absolute Gasteiger partial charge is 0.467 e. The summed E-state index contributed by atoms with van der Waals surface area (Å²) in [5, 5.41) is 3.38. The third-order valence-corrected chi connectivity index (χ3v) is 2.89. The Balaban J connectivity index is 1.83. The molecule has 1 aliphatic carbocycles. The van der Waals surface area contributed by atoms with E-state index in [0.29, 0.717) is 12.6 Å². The van der Waals surface area contributed by atoms with Gasteiger partial charge in [0.1, 0.15) is 11.6 Å². The molecule has 1 aliphatic rings. The van der Waals surface area contributed by atoms with Crippen LogP contribution in [0.25, 0.3) is 11.1 Å². The zero-order valence-electron chi connectivity index (χ0n) is 9.32. The molecule has 0 aromatic carbocycles. The van der Waals surface area contributed by atoms with Crippen LogP contribution in [0, 0.1) is 5.82 Å². The minimum absolute atomic E-state index is 0.329. The van der Waals surface area contributed by atoms with Gasteiger partial charge in [0.25, 0.3) is 0 Å². The van der Waals surface area contributed by atoms with Gasteiger partial charge in [-0.15, -0.1) is 0 Å². The van der Waals surface area contributed by atoms with Crippen molar-refractivity contribution in [1.29, 1.82) is 0 Å². The number of pyridine rings is 1. The minimum Gasteiger partial charge on any atom is -0.467 e. The first-order valence-electron chi connectivity index (χ1n) is 5.73. The molecule has 0 bridgehead atoms. The third kappa shape index (κ3) is 2.36. The lowest BCUT2D eigenvalue weighted by Gasteiger charge is -2.03. The molecule has 0 unspecified atom stereocenters. The summed E-state index contributed by atoms with van der Waals surface area (Å²) < 4.78 is 18.5. The van der Waals surface area contributed by atoms with Crippen LogP contribution >= 0.6 is 0 Å². The van der Waals surface area contributed by atoms with Gasteiger partial charge in [-0.2, -0.15) is 0 Å². The van der Waals surface area contributed by atoms with E-state index in [2.05, 4.69) is 10.3 Å². The van der Waals surface area contributed by atoms with Gasteiger partial charge in [0, 0.05) is 23.4 Å². The molecule has 1 N–H and O–H groups in total. The smallest absolute Gasteiger partial charge is 0.142 e. The summed E-state index contributed by atoms with van der Waals surface area (Å²) in [5.41, 5.74) is 1.66. The van der Waals surface area contributed by atoms with E-state index >= 15 is 0 Å². The molecule has 0 spiro atoms. The van der Waals surface area contributed by atoms with E-state index in [1.807, 2.05) is 6.07 Å². The molecular weight excluding hydrogens is 219 g/mol. The van der Waals surface area contributed by atoms with Crippen molar-refractivity contribution in [3.63, 3.8) is 0 Å². The lowest BCUT2D eigenvalue weighted by molar-refractivity contribution is 0.483. The highest BCUT2D eigenvalue weighted by molar-refractivity contribution is 5.64. The van der Waals surface area contributed by atoms with Gasteiger partial charge in [-0.1, -0.05) is 0 Å². The quantitative estimate of drug-likeness (QED) is 0.880. The average molecular weight is 232 g/mol. The number of rotatable bonds is 4. The van der Waals surface area contributed by atoms with E-state index in [9.17, 15) is 4.39 Å². The molecule has 2 aromatic heterocycles. The van der Waals surface area contributed by atoms with Crippen LogP contribution in [0.2, 0.25) is 0 Å². The first kappa shape index (κ1) is 10.5. The van der Waals surface area contributed by atoms with Gasteiger partial charge in [-0.05, 0) is 25.0 Å². The summed E-state index contributed by atoms with van der Waals surface area (Å²) in [4.78, 5) is 3.85. The number of hydrogen-bond acceptors (Lipinski definition) is 3. The Morgan fingerprint density at radius 2 is 2.29 bits per heavy atom. The first-order valence-corrected chi connectivity index (χ1v) is 5.73. The van der Waals surface area contributed by atoms with Crippen molar-refractivity contribution in [1.82, 2.24) is 10.3 Å². The molecule has 0 atom stereocenters. The Bertz CT molecular complexity index is 520. The second-order valence-corrected chi connectivity index (χ2v) is 4.30. The zero-order valence-corrected chi connectivity index (χ0v) is 9.32. The Labute approximate surface area is 98.7 Å². The molecule has 88 valence electrons. The molecule has 0 radical (unpaired) electrons. The van der Waals surface area contributed by atoms with Crippen LogP contribution in [0.3, 0.4) is 0 Å². The Morgan fingerprint density at radius 1 is 1.41 bits per heavy atom. The van der Waals surface area contributed by atoms with Gasteiger partial charge >= 0.3 is 0 Å². The fraction of sp³-hybridized carbons (Fsp3) is 0.308. The SMILES string of the molecule is Fc1cncc(-c2ccoc2CNC2CC2)c1. The highest BCUT2D eigenvalue weighted by atomic mass is 19.1. The van der Waals surface area contributed by atoms with E-state index < -0.39 is 0 Å². The van der Waals surface area contributed by atoms with Gasteiger partial charge in [0.05, 0.1) is 19.0 Å². The third-order valence-electron chi connectivity index (χ3n) is 2.89. The Kier molecular flexibility index (Phi) is 2.65. The lowest BCUT2D eigenvalue weighted by atomic mass is 10.1. The fourth-order valence-corrected chi connectivity index (χ4v) is 1.82. The maximum atomic E-state index is 13.1. The molecule has 17 heavy (non-hydrogen) atoms. The average Bonchev–Trinajstić information content (AvgIpc) is 3.04. The number of hydrogen-bond donors (Lipinski definition) is 1. The van der Waals surface area contributed by atoms with Crippen molar-refractivity contribution < 1.29 is 8.81 Å². The Hall–Kier alpha value is -1.68. The van der Waals surface area contributed by atoms with E-state index in [0.717, 1.165) is 16.9 Å². The van der Waals surface area contributed by atoms with Gasteiger partial charge < -0.3 is 9.73 Å². The molecule has 4 heteroatoms. The summed E-state index contributed by atoms with van der Waals surface area (Å²) in [5.74, 6) is 0.508. The van der Waals surface area contributed by atoms with Gasteiger partial charge in [-0.3, -0.25) is 4.98 Å². The molecular formula is C13H13FN2O. The highest BCUT2D eigenvalue weighted by Crippen LogP contribution is 2.26. The molecule has 0 saturated heterocycles. The predicted octanol–water partition coefficient (Wildman–Crippen LogP) is 2.73. The van der Waals surface area contributed by atoms with Crippen molar-refractivity contribution in [3.05, 3.63) is 42.4 Å². The number of nitrogens with zero attached hydrogens (tertiary/aromatic N) is 1. The maximum absolute atomic E-state index is 13.1. The summed E-state index contributed by atoms with van der Waals surface area (Å²) in [6.45, 7) is 0.684. The van der Waals surface area contributed by atoms with Crippen molar-refractivity contribution in [2.75, 3.05) is 0 Å². The van der Waals surface area contributed by atoms with E-state index in [1.54, 1.807) is 12.5 Å². The van der Waals surface area contributed by atoms with E-state index in [4.69, 9.17) is 4.42 Å². The summed E-state index contributed by atoms with van der Waals surface area (Å²) in [7, 11) is 0. The van der Waals surface area contributed by atoms with Crippen LogP contribution < -0.4 is 5.32 Å². The molecule has 2 heterocycles. The molecule has 1 fully saturated rings. The van der Waals surface area contributed by atoms with Gasteiger partial charge in [0.15, 0.2) is 0 Å². The minimum atomic E-state index is -0.329. The van der Waals surface area contributed by atoms with Crippen LogP contribution in [0.5, 0.6) is 0 Å². The molecule has 1 saturated carbocycles. The summed E-state index contributed by atoms with van der Waals surface area (Å²) in [6.07, 6.45) is 6.94. The second-order valence-electron chi connectivity index (χ2n) is 4.30. The van der Waals surface area contributed by atoms with E-state index in [-0.39, 0.29) is 5.82 Å². The molecule has 3 nitrogen and oxygen atoms in total. The van der Waals surface area contributed by atoms with Crippen molar-refractivity contribution in [3.8, 4) is 11.1 Å². The van der Waals surface area contributed by atoms with Gasteiger partial charge in [0.2, 0.25) is 0 Å². The zero-order chi connectivity index (χ0) is 11.7. The van der Waals surface area contributed by atoms with Crippen molar-refractivity contribution in [2.45, 2.75) is 25.4 Å². The molecule has 2 aromatic rings. The van der Waals surface area contributed by atoms with Crippen LogP contribution in [0.15, 0.2) is 35.2 Å². The number of aromatic nitrogens is 1. The normalized spacial score (nSPS) is 15.1. The maximum Gasteiger partial charge on any atom is 0.142 e. The molecule has 0 amide bonds. The van der Waals surface area contributed by atoms with Crippen molar-refractivity contribution >= 4 is 0 Å². The number of nitrogens with one attached hydrogen (secondary N) is 1. The second kappa shape index (κ2) is 4.30. The first-order chi connectivity index (χ1) is 8.33.